The smallest absolute Gasteiger partial charge is 0.337 e. The van der Waals surface area contributed by atoms with Gasteiger partial charge in [0.2, 0.25) is 0 Å². The van der Waals surface area contributed by atoms with Crippen LogP contribution in [0.4, 0.5) is 11.4 Å². The summed E-state index contributed by atoms with van der Waals surface area (Å²) >= 11 is 3.19. The lowest BCUT2D eigenvalue weighted by molar-refractivity contribution is 0.0698. The van der Waals surface area contributed by atoms with Gasteiger partial charge < -0.3 is 16.2 Å². The molecule has 2 aromatic carbocycles. The number of nitrogens with two attached hydrogens (primary N) is 1. The number of carbonyl (C=O) groups excluding carboxylic acids is 1. The first kappa shape index (κ1) is 14.1. The van der Waals surface area contributed by atoms with Crippen molar-refractivity contribution in [2.75, 3.05) is 11.1 Å². The second-order valence-electron chi connectivity index (χ2n) is 4.04. The Morgan fingerprint density at radius 2 is 1.80 bits per heavy atom. The molecular weight excluding hydrogens is 324 g/mol. The topological polar surface area (TPSA) is 92.4 Å². The average Bonchev–Trinajstić information content (AvgIpc) is 2.41. The summed E-state index contributed by atoms with van der Waals surface area (Å²) in [5.74, 6) is -1.57. The van der Waals surface area contributed by atoms with Crippen molar-refractivity contribution in [2.24, 2.45) is 0 Å². The van der Waals surface area contributed by atoms with Crippen molar-refractivity contribution in [1.82, 2.24) is 0 Å². The van der Waals surface area contributed by atoms with E-state index in [-0.39, 0.29) is 11.3 Å². The molecule has 0 heterocycles. The third-order valence-corrected chi connectivity index (χ3v) is 3.16. The number of amides is 1. The zero-order valence-electron chi connectivity index (χ0n) is 10.3. The van der Waals surface area contributed by atoms with Gasteiger partial charge in [0.1, 0.15) is 0 Å². The van der Waals surface area contributed by atoms with E-state index < -0.39 is 11.9 Å². The molecule has 0 atom stereocenters. The highest BCUT2D eigenvalue weighted by Crippen LogP contribution is 2.22. The van der Waals surface area contributed by atoms with Gasteiger partial charge in [-0.3, -0.25) is 4.79 Å². The van der Waals surface area contributed by atoms with Crippen LogP contribution in [0.25, 0.3) is 0 Å². The number of nitrogens with one attached hydrogen (secondary N) is 1. The fraction of sp³-hybridized carbons (Fsp3) is 0. The van der Waals surface area contributed by atoms with Crippen LogP contribution in [0.15, 0.2) is 46.9 Å². The van der Waals surface area contributed by atoms with E-state index >= 15 is 0 Å². The largest absolute Gasteiger partial charge is 0.478 e. The number of hydrogen-bond donors (Lipinski definition) is 3. The number of rotatable bonds is 3. The molecule has 0 aromatic heterocycles. The monoisotopic (exact) mass is 334 g/mol. The van der Waals surface area contributed by atoms with Crippen LogP contribution in [0.5, 0.6) is 0 Å². The van der Waals surface area contributed by atoms with Gasteiger partial charge in [-0.05, 0) is 30.3 Å². The second-order valence-corrected chi connectivity index (χ2v) is 4.95. The molecule has 0 spiro atoms. The molecule has 102 valence electrons. The molecule has 4 N–H and O–H groups in total. The van der Waals surface area contributed by atoms with Crippen molar-refractivity contribution in [3.05, 3.63) is 58.1 Å². The van der Waals surface area contributed by atoms with E-state index in [9.17, 15) is 9.59 Å². The number of carboxylic acid groups (broad SMARTS) is 1. The summed E-state index contributed by atoms with van der Waals surface area (Å²) in [6, 6.07) is 11.2. The summed E-state index contributed by atoms with van der Waals surface area (Å²) in [5, 5.41) is 11.7. The Hall–Kier alpha value is -2.34. The molecule has 20 heavy (non-hydrogen) atoms. The summed E-state index contributed by atoms with van der Waals surface area (Å²) in [6.45, 7) is 0. The third-order valence-electron chi connectivity index (χ3n) is 2.67. The molecule has 5 nitrogen and oxygen atoms in total. The van der Waals surface area contributed by atoms with Gasteiger partial charge in [0.25, 0.3) is 5.91 Å². The Balaban J connectivity index is 2.33. The van der Waals surface area contributed by atoms with Crippen LogP contribution in [0, 0.1) is 0 Å². The molecule has 2 aromatic rings. The lowest BCUT2D eigenvalue weighted by Gasteiger charge is -2.10. The highest BCUT2D eigenvalue weighted by molar-refractivity contribution is 9.10. The zero-order chi connectivity index (χ0) is 14.7. The van der Waals surface area contributed by atoms with Gasteiger partial charge in [-0.2, -0.15) is 0 Å². The van der Waals surface area contributed by atoms with Crippen LogP contribution in [0.3, 0.4) is 0 Å². The summed E-state index contributed by atoms with van der Waals surface area (Å²) in [4.78, 5) is 23.3. The standard InChI is InChI=1S/C14H11BrN2O3/c15-8-5-6-12(10(7-8)14(19)20)17-13(18)9-3-1-2-4-11(9)16/h1-7H,16H2,(H,17,18)(H,19,20). The van der Waals surface area contributed by atoms with Crippen molar-refractivity contribution in [1.29, 1.82) is 0 Å². The molecule has 6 heteroatoms. The average molecular weight is 335 g/mol. The Kier molecular flexibility index (Phi) is 4.05. The number of hydrogen-bond acceptors (Lipinski definition) is 3. The van der Waals surface area contributed by atoms with Crippen LogP contribution in [-0.2, 0) is 0 Å². The molecule has 1 amide bonds. The Morgan fingerprint density at radius 1 is 1.10 bits per heavy atom. The van der Waals surface area contributed by atoms with Gasteiger partial charge in [-0.1, -0.05) is 28.1 Å². The SMILES string of the molecule is Nc1ccccc1C(=O)Nc1ccc(Br)cc1C(=O)O. The molecular formula is C14H11BrN2O3. The van der Waals surface area contributed by atoms with Crippen LogP contribution in [0.1, 0.15) is 20.7 Å². The first-order valence-corrected chi connectivity index (χ1v) is 6.47. The summed E-state index contributed by atoms with van der Waals surface area (Å²) in [7, 11) is 0. The highest BCUT2D eigenvalue weighted by atomic mass is 79.9. The van der Waals surface area contributed by atoms with Gasteiger partial charge in [0, 0.05) is 10.2 Å². The van der Waals surface area contributed by atoms with Crippen molar-refractivity contribution < 1.29 is 14.7 Å². The van der Waals surface area contributed by atoms with E-state index in [1.807, 2.05) is 0 Å². The Bertz CT molecular complexity index is 686. The normalized spacial score (nSPS) is 10.1. The van der Waals surface area contributed by atoms with Gasteiger partial charge in [-0.25, -0.2) is 4.79 Å². The van der Waals surface area contributed by atoms with E-state index in [2.05, 4.69) is 21.2 Å². The second kappa shape index (κ2) is 5.75. The molecule has 0 bridgehead atoms. The molecule has 0 saturated carbocycles. The van der Waals surface area contributed by atoms with Gasteiger partial charge in [-0.15, -0.1) is 0 Å². The van der Waals surface area contributed by atoms with Crippen molar-refractivity contribution >= 4 is 39.2 Å². The van der Waals surface area contributed by atoms with Crippen LogP contribution in [0.2, 0.25) is 0 Å². The number of benzene rings is 2. The van der Waals surface area contributed by atoms with Crippen LogP contribution in [-0.4, -0.2) is 17.0 Å². The summed E-state index contributed by atoms with van der Waals surface area (Å²) in [6.07, 6.45) is 0. The Labute approximate surface area is 123 Å². The maximum Gasteiger partial charge on any atom is 0.337 e. The Morgan fingerprint density at radius 3 is 2.45 bits per heavy atom. The van der Waals surface area contributed by atoms with E-state index in [1.54, 1.807) is 30.3 Å². The summed E-state index contributed by atoms with van der Waals surface area (Å²) in [5.41, 5.74) is 6.56. The van der Waals surface area contributed by atoms with Gasteiger partial charge >= 0.3 is 5.97 Å². The van der Waals surface area contributed by atoms with E-state index in [0.29, 0.717) is 15.7 Å². The minimum atomic E-state index is -1.12. The van der Waals surface area contributed by atoms with Gasteiger partial charge in [0.05, 0.1) is 16.8 Å². The van der Waals surface area contributed by atoms with Gasteiger partial charge in [0.15, 0.2) is 0 Å². The van der Waals surface area contributed by atoms with E-state index in [1.165, 1.54) is 12.1 Å². The van der Waals surface area contributed by atoms with Crippen LogP contribution < -0.4 is 11.1 Å². The molecule has 0 aliphatic rings. The molecule has 0 radical (unpaired) electrons. The molecule has 0 aliphatic carbocycles. The molecule has 2 rings (SSSR count). The fourth-order valence-corrected chi connectivity index (χ4v) is 2.06. The molecule has 0 unspecified atom stereocenters. The number of carboxylic acids is 1. The number of carbonyl (C=O) groups is 2. The first-order valence-electron chi connectivity index (χ1n) is 5.67. The predicted octanol–water partition coefficient (Wildman–Crippen LogP) is 2.98. The molecule has 0 saturated heterocycles. The van der Waals surface area contributed by atoms with Crippen molar-refractivity contribution in [3.63, 3.8) is 0 Å². The highest BCUT2D eigenvalue weighted by Gasteiger charge is 2.15. The molecule has 0 fully saturated rings. The van der Waals surface area contributed by atoms with Crippen LogP contribution >= 0.6 is 15.9 Å². The maximum atomic E-state index is 12.1. The number of anilines is 2. The number of nitrogen functional groups attached to an aromatic ring is 1. The summed E-state index contributed by atoms with van der Waals surface area (Å²) < 4.78 is 0.618. The predicted molar refractivity (Wildman–Crippen MR) is 79.9 cm³/mol. The number of aromatic carboxylic acids is 1. The molecule has 0 aliphatic heterocycles. The third kappa shape index (κ3) is 2.97. The number of halogens is 1. The van der Waals surface area contributed by atoms with Crippen molar-refractivity contribution in [3.8, 4) is 0 Å². The maximum absolute atomic E-state index is 12.1. The minimum absolute atomic E-state index is 0.00206. The quantitative estimate of drug-likeness (QED) is 0.752. The zero-order valence-corrected chi connectivity index (χ0v) is 11.8. The minimum Gasteiger partial charge on any atom is -0.478 e. The fourth-order valence-electron chi connectivity index (χ4n) is 1.70. The van der Waals surface area contributed by atoms with E-state index in [4.69, 9.17) is 10.8 Å². The van der Waals surface area contributed by atoms with Crippen molar-refractivity contribution in [2.45, 2.75) is 0 Å². The number of para-hydroxylation sites is 1. The van der Waals surface area contributed by atoms with E-state index in [0.717, 1.165) is 0 Å². The first-order chi connectivity index (χ1) is 9.49. The lowest BCUT2D eigenvalue weighted by Crippen LogP contribution is -2.16. The lowest BCUT2D eigenvalue weighted by atomic mass is 10.1.